The number of rotatable bonds is 6. The smallest absolute Gasteiger partial charge is 0.180 e. The Morgan fingerprint density at radius 2 is 2.33 bits per heavy atom. The summed E-state index contributed by atoms with van der Waals surface area (Å²) in [6.07, 6.45) is -0.944. The monoisotopic (exact) mass is 336 g/mol. The van der Waals surface area contributed by atoms with Gasteiger partial charge < -0.3 is 14.6 Å². The molecule has 24 heavy (non-hydrogen) atoms. The van der Waals surface area contributed by atoms with Gasteiger partial charge in [-0.3, -0.25) is 10.00 Å². The van der Waals surface area contributed by atoms with E-state index < -0.39 is 11.9 Å². The fraction of sp³-hybridized carbons (Fsp3) is 0.500. The molecule has 0 spiro atoms. The number of morpholine rings is 1. The Bertz CT molecular complexity index is 666. The summed E-state index contributed by atoms with van der Waals surface area (Å²) in [4.78, 5) is 6.35. The summed E-state index contributed by atoms with van der Waals surface area (Å²) in [5.74, 6) is 1.07. The van der Waals surface area contributed by atoms with Gasteiger partial charge in [-0.15, -0.1) is 0 Å². The maximum atomic E-state index is 13.5. The number of aliphatic hydroxyl groups excluding tert-OH is 1. The molecule has 2 N–H and O–H groups in total. The minimum atomic E-state index is -0.725. The third-order valence-electron chi connectivity index (χ3n) is 3.79. The third-order valence-corrected chi connectivity index (χ3v) is 3.79. The predicted molar refractivity (Wildman–Crippen MR) is 84.2 cm³/mol. The van der Waals surface area contributed by atoms with Crippen LogP contribution in [0, 0.1) is 12.7 Å². The standard InChI is InChI=1S/C16H21FN4O3/c1-11-18-16(20-19-11)15-9-21(6-7-23-15)8-12(22)10-24-14-5-3-2-4-13(14)17/h2-5,12,15,22H,6-10H2,1H3,(H,18,19,20). The third kappa shape index (κ3) is 4.28. The lowest BCUT2D eigenvalue weighted by Gasteiger charge is -2.32. The molecule has 1 aromatic heterocycles. The van der Waals surface area contributed by atoms with Crippen molar-refractivity contribution >= 4 is 0 Å². The number of aryl methyl sites for hydroxylation is 1. The van der Waals surface area contributed by atoms with E-state index in [0.29, 0.717) is 32.1 Å². The van der Waals surface area contributed by atoms with Gasteiger partial charge in [-0.05, 0) is 19.1 Å². The molecule has 1 aromatic carbocycles. The van der Waals surface area contributed by atoms with Crippen molar-refractivity contribution in [3.8, 4) is 5.75 Å². The van der Waals surface area contributed by atoms with Crippen molar-refractivity contribution in [2.45, 2.75) is 19.1 Å². The van der Waals surface area contributed by atoms with Crippen LogP contribution in [0.4, 0.5) is 4.39 Å². The summed E-state index contributed by atoms with van der Waals surface area (Å²) >= 11 is 0. The van der Waals surface area contributed by atoms with Crippen LogP contribution in [-0.2, 0) is 4.74 Å². The summed E-state index contributed by atoms with van der Waals surface area (Å²) in [6, 6.07) is 6.15. The van der Waals surface area contributed by atoms with Crippen LogP contribution in [0.15, 0.2) is 24.3 Å². The Morgan fingerprint density at radius 3 is 3.08 bits per heavy atom. The van der Waals surface area contributed by atoms with Gasteiger partial charge in [-0.25, -0.2) is 9.37 Å². The molecule has 2 heterocycles. The number of β-amino-alcohol motifs (C(OH)–C–C–N with tert-alkyl or cyclic N) is 1. The van der Waals surface area contributed by atoms with Crippen molar-refractivity contribution in [1.29, 1.82) is 0 Å². The lowest BCUT2D eigenvalue weighted by Crippen LogP contribution is -2.44. The Morgan fingerprint density at radius 1 is 1.50 bits per heavy atom. The van der Waals surface area contributed by atoms with Crippen molar-refractivity contribution in [1.82, 2.24) is 20.1 Å². The molecule has 1 saturated heterocycles. The Balaban J connectivity index is 1.49. The second-order valence-corrected chi connectivity index (χ2v) is 5.79. The van der Waals surface area contributed by atoms with Crippen LogP contribution < -0.4 is 4.74 Å². The number of hydrogen-bond donors (Lipinski definition) is 2. The molecule has 0 bridgehead atoms. The number of ether oxygens (including phenoxy) is 2. The molecule has 2 unspecified atom stereocenters. The Kier molecular flexibility index (Phi) is 5.39. The summed E-state index contributed by atoms with van der Waals surface area (Å²) in [7, 11) is 0. The molecule has 0 saturated carbocycles. The maximum absolute atomic E-state index is 13.5. The number of halogens is 1. The van der Waals surface area contributed by atoms with Crippen LogP contribution in [0.5, 0.6) is 5.75 Å². The van der Waals surface area contributed by atoms with Crippen LogP contribution in [0.25, 0.3) is 0 Å². The summed E-state index contributed by atoms with van der Waals surface area (Å²) in [5, 5.41) is 17.1. The van der Waals surface area contributed by atoms with Gasteiger partial charge in [0.05, 0.1) is 6.61 Å². The number of nitrogens with one attached hydrogen (secondary N) is 1. The zero-order chi connectivity index (χ0) is 16.9. The molecule has 1 fully saturated rings. The Labute approximate surface area is 139 Å². The highest BCUT2D eigenvalue weighted by molar-refractivity contribution is 5.23. The van der Waals surface area contributed by atoms with Gasteiger partial charge >= 0.3 is 0 Å². The van der Waals surface area contributed by atoms with Crippen molar-refractivity contribution in [3.05, 3.63) is 41.7 Å². The number of aliphatic hydroxyl groups is 1. The molecule has 7 nitrogen and oxygen atoms in total. The molecule has 0 amide bonds. The number of benzene rings is 1. The quantitative estimate of drug-likeness (QED) is 0.821. The molecule has 0 aliphatic carbocycles. The van der Waals surface area contributed by atoms with E-state index in [1.165, 1.54) is 6.07 Å². The maximum Gasteiger partial charge on any atom is 0.180 e. The highest BCUT2D eigenvalue weighted by atomic mass is 19.1. The van der Waals surface area contributed by atoms with Gasteiger partial charge in [0.15, 0.2) is 17.4 Å². The van der Waals surface area contributed by atoms with E-state index in [9.17, 15) is 9.50 Å². The van der Waals surface area contributed by atoms with E-state index in [0.717, 1.165) is 5.82 Å². The fourth-order valence-electron chi connectivity index (χ4n) is 2.63. The molecular formula is C16H21FN4O3. The summed E-state index contributed by atoms with van der Waals surface area (Å²) in [5.41, 5.74) is 0. The molecular weight excluding hydrogens is 315 g/mol. The molecule has 1 aliphatic rings. The van der Waals surface area contributed by atoms with E-state index in [-0.39, 0.29) is 18.5 Å². The van der Waals surface area contributed by atoms with E-state index in [1.807, 2.05) is 6.92 Å². The molecule has 2 aromatic rings. The topological polar surface area (TPSA) is 83.5 Å². The average molecular weight is 336 g/mol. The van der Waals surface area contributed by atoms with Crippen molar-refractivity contribution in [3.63, 3.8) is 0 Å². The largest absolute Gasteiger partial charge is 0.488 e. The highest BCUT2D eigenvalue weighted by Gasteiger charge is 2.26. The van der Waals surface area contributed by atoms with E-state index >= 15 is 0 Å². The van der Waals surface area contributed by atoms with Crippen molar-refractivity contribution in [2.24, 2.45) is 0 Å². The van der Waals surface area contributed by atoms with Gasteiger partial charge in [0.1, 0.15) is 24.6 Å². The molecule has 0 radical (unpaired) electrons. The van der Waals surface area contributed by atoms with Crippen LogP contribution in [-0.4, -0.2) is 64.1 Å². The zero-order valence-electron chi connectivity index (χ0n) is 13.5. The number of aromatic nitrogens is 3. The number of para-hydroxylation sites is 1. The Hall–Kier alpha value is -2.03. The highest BCUT2D eigenvalue weighted by Crippen LogP contribution is 2.19. The molecule has 1 aliphatic heterocycles. The molecule has 2 atom stereocenters. The van der Waals surface area contributed by atoms with Gasteiger partial charge in [0.25, 0.3) is 0 Å². The van der Waals surface area contributed by atoms with Crippen LogP contribution in [0.3, 0.4) is 0 Å². The summed E-state index contributed by atoms with van der Waals surface area (Å²) < 4.78 is 24.5. The van der Waals surface area contributed by atoms with Crippen molar-refractivity contribution < 1.29 is 19.0 Å². The van der Waals surface area contributed by atoms with Crippen LogP contribution in [0.1, 0.15) is 17.8 Å². The molecule has 8 heteroatoms. The van der Waals surface area contributed by atoms with Gasteiger partial charge in [0.2, 0.25) is 0 Å². The molecule has 3 rings (SSSR count). The first-order valence-electron chi connectivity index (χ1n) is 7.90. The minimum absolute atomic E-state index is 0.0305. The number of hydrogen-bond acceptors (Lipinski definition) is 6. The lowest BCUT2D eigenvalue weighted by molar-refractivity contribution is -0.0494. The average Bonchev–Trinajstić information content (AvgIpc) is 3.01. The molecule has 130 valence electrons. The van der Waals surface area contributed by atoms with Gasteiger partial charge in [-0.2, -0.15) is 5.10 Å². The number of nitrogens with zero attached hydrogens (tertiary/aromatic N) is 3. The van der Waals surface area contributed by atoms with Crippen LogP contribution in [0.2, 0.25) is 0 Å². The number of aromatic amines is 1. The number of H-pyrrole nitrogens is 1. The van der Waals surface area contributed by atoms with Crippen LogP contribution >= 0.6 is 0 Å². The second kappa shape index (κ2) is 7.69. The second-order valence-electron chi connectivity index (χ2n) is 5.79. The lowest BCUT2D eigenvalue weighted by atomic mass is 10.2. The van der Waals surface area contributed by atoms with Gasteiger partial charge in [-0.1, -0.05) is 12.1 Å². The first-order valence-corrected chi connectivity index (χ1v) is 7.90. The van der Waals surface area contributed by atoms with E-state index in [4.69, 9.17) is 9.47 Å². The normalized spacial score (nSPS) is 20.0. The van der Waals surface area contributed by atoms with E-state index in [2.05, 4.69) is 20.1 Å². The predicted octanol–water partition coefficient (Wildman–Crippen LogP) is 1.07. The fourth-order valence-corrected chi connectivity index (χ4v) is 2.63. The van der Waals surface area contributed by atoms with E-state index in [1.54, 1.807) is 18.2 Å². The minimum Gasteiger partial charge on any atom is -0.488 e. The summed E-state index contributed by atoms with van der Waals surface area (Å²) in [6.45, 7) is 4.12. The van der Waals surface area contributed by atoms with Crippen molar-refractivity contribution in [2.75, 3.05) is 32.8 Å². The van der Waals surface area contributed by atoms with Gasteiger partial charge in [0, 0.05) is 19.6 Å². The zero-order valence-corrected chi connectivity index (χ0v) is 13.5. The first kappa shape index (κ1) is 16.8. The first-order chi connectivity index (χ1) is 11.6. The SMILES string of the molecule is Cc1nc(C2CN(CC(O)COc3ccccc3F)CCO2)n[nH]1.